The smallest absolute Gasteiger partial charge is 0.251 e. The van der Waals surface area contributed by atoms with Crippen LogP contribution in [-0.2, 0) is 9.84 Å². The average molecular weight is 299 g/mol. The molecule has 0 spiro atoms. The average Bonchev–Trinajstić information content (AvgIpc) is 2.33. The molecule has 0 saturated heterocycles. The minimum absolute atomic E-state index is 0.136. The van der Waals surface area contributed by atoms with Crippen molar-refractivity contribution in [2.45, 2.75) is 37.7 Å². The number of aliphatic hydroxyl groups excluding tert-OH is 1. The molecule has 0 radical (unpaired) electrons. The molecule has 0 fully saturated rings. The maximum Gasteiger partial charge on any atom is 0.251 e. The molecule has 0 aliphatic carbocycles. The number of rotatable bonds is 6. The van der Waals surface area contributed by atoms with E-state index >= 15 is 0 Å². The number of hydrogen-bond donors (Lipinski definition) is 2. The van der Waals surface area contributed by atoms with Crippen molar-refractivity contribution >= 4 is 15.7 Å². The van der Waals surface area contributed by atoms with E-state index in [4.69, 9.17) is 5.11 Å². The highest BCUT2D eigenvalue weighted by Crippen LogP contribution is 2.15. The number of carbonyl (C=O) groups excluding carboxylic acids is 1. The van der Waals surface area contributed by atoms with Gasteiger partial charge >= 0.3 is 0 Å². The van der Waals surface area contributed by atoms with E-state index in [2.05, 4.69) is 5.32 Å². The molecule has 112 valence electrons. The molecule has 0 saturated carbocycles. The molecule has 0 bridgehead atoms. The molecule has 0 heterocycles. The summed E-state index contributed by atoms with van der Waals surface area (Å²) in [6.07, 6.45) is 2.01. The summed E-state index contributed by atoms with van der Waals surface area (Å²) in [5.74, 6) is -0.293. The maximum atomic E-state index is 12.0. The highest BCUT2D eigenvalue weighted by Gasteiger charge is 2.14. The van der Waals surface area contributed by atoms with Crippen LogP contribution in [0.15, 0.2) is 23.1 Å². The van der Waals surface area contributed by atoms with Gasteiger partial charge in [0.1, 0.15) is 0 Å². The Morgan fingerprint density at radius 3 is 2.60 bits per heavy atom. The van der Waals surface area contributed by atoms with Gasteiger partial charge in [0.15, 0.2) is 9.84 Å². The van der Waals surface area contributed by atoms with Crippen LogP contribution in [-0.4, -0.2) is 38.3 Å². The van der Waals surface area contributed by atoms with Gasteiger partial charge in [0.2, 0.25) is 0 Å². The standard InChI is InChI=1S/C14H21NO4S/c1-10-6-7-12(20(3,18)19)9-13(10)14(17)15-8-4-5-11(2)16/h6-7,9,11,16H,4-5,8H2,1-3H3,(H,15,17). The van der Waals surface area contributed by atoms with Gasteiger partial charge in [-0.15, -0.1) is 0 Å². The Bertz CT molecular complexity index is 579. The van der Waals surface area contributed by atoms with E-state index < -0.39 is 9.84 Å². The highest BCUT2D eigenvalue weighted by atomic mass is 32.2. The Balaban J connectivity index is 2.77. The molecule has 5 nitrogen and oxygen atoms in total. The molecular weight excluding hydrogens is 278 g/mol. The third kappa shape index (κ3) is 4.94. The molecule has 1 amide bonds. The quantitative estimate of drug-likeness (QED) is 0.775. The Hall–Kier alpha value is -1.40. The molecule has 1 rings (SSSR count). The molecule has 1 aromatic carbocycles. The SMILES string of the molecule is Cc1ccc(S(C)(=O)=O)cc1C(=O)NCCCC(C)O. The van der Waals surface area contributed by atoms with E-state index in [-0.39, 0.29) is 16.9 Å². The predicted octanol–water partition coefficient (Wildman–Crippen LogP) is 1.29. The topological polar surface area (TPSA) is 83.5 Å². The molecular formula is C14H21NO4S. The summed E-state index contributed by atoms with van der Waals surface area (Å²) in [5, 5.41) is 11.9. The van der Waals surface area contributed by atoms with Crippen molar-refractivity contribution < 1.29 is 18.3 Å². The lowest BCUT2D eigenvalue weighted by Crippen LogP contribution is -2.26. The first-order chi connectivity index (χ1) is 9.21. The van der Waals surface area contributed by atoms with Crippen molar-refractivity contribution in [1.82, 2.24) is 5.32 Å². The lowest BCUT2D eigenvalue weighted by Gasteiger charge is -2.10. The fraction of sp³-hybridized carbons (Fsp3) is 0.500. The van der Waals surface area contributed by atoms with Crippen LogP contribution >= 0.6 is 0 Å². The molecule has 0 aromatic heterocycles. The van der Waals surface area contributed by atoms with E-state index in [1.807, 2.05) is 0 Å². The number of benzene rings is 1. The molecule has 1 atom stereocenters. The Morgan fingerprint density at radius 1 is 1.40 bits per heavy atom. The summed E-state index contributed by atoms with van der Waals surface area (Å²) in [6, 6.07) is 4.52. The van der Waals surface area contributed by atoms with E-state index in [0.29, 0.717) is 24.9 Å². The maximum absolute atomic E-state index is 12.0. The van der Waals surface area contributed by atoms with Crippen LogP contribution in [0.4, 0.5) is 0 Å². The Morgan fingerprint density at radius 2 is 2.05 bits per heavy atom. The van der Waals surface area contributed by atoms with Gasteiger partial charge in [-0.25, -0.2) is 8.42 Å². The lowest BCUT2D eigenvalue weighted by molar-refractivity contribution is 0.0949. The molecule has 6 heteroatoms. The first-order valence-electron chi connectivity index (χ1n) is 6.49. The van der Waals surface area contributed by atoms with Crippen molar-refractivity contribution in [2.24, 2.45) is 0 Å². The molecule has 1 unspecified atom stereocenters. The number of aliphatic hydroxyl groups is 1. The summed E-state index contributed by atoms with van der Waals surface area (Å²) < 4.78 is 23.0. The normalized spacial score (nSPS) is 13.0. The first kappa shape index (κ1) is 16.7. The van der Waals surface area contributed by atoms with Crippen LogP contribution in [0.25, 0.3) is 0 Å². The van der Waals surface area contributed by atoms with Crippen LogP contribution < -0.4 is 5.32 Å². The molecule has 0 aliphatic rings. The minimum atomic E-state index is -3.33. The summed E-state index contributed by atoms with van der Waals surface area (Å²) >= 11 is 0. The van der Waals surface area contributed by atoms with Gasteiger partial charge in [-0.05, 0) is 44.4 Å². The van der Waals surface area contributed by atoms with Crippen LogP contribution in [0.3, 0.4) is 0 Å². The van der Waals surface area contributed by atoms with E-state index in [9.17, 15) is 13.2 Å². The Kier molecular flexibility index (Phi) is 5.71. The number of amides is 1. The van der Waals surface area contributed by atoms with E-state index in [1.54, 1.807) is 19.9 Å². The number of carbonyl (C=O) groups is 1. The van der Waals surface area contributed by atoms with E-state index in [0.717, 1.165) is 11.8 Å². The zero-order chi connectivity index (χ0) is 15.3. The monoisotopic (exact) mass is 299 g/mol. The summed E-state index contributed by atoms with van der Waals surface area (Å²) in [6.45, 7) is 3.91. The second-order valence-electron chi connectivity index (χ2n) is 5.00. The zero-order valence-electron chi connectivity index (χ0n) is 12.0. The van der Waals surface area contributed by atoms with Crippen molar-refractivity contribution in [2.75, 3.05) is 12.8 Å². The van der Waals surface area contributed by atoms with E-state index in [1.165, 1.54) is 12.1 Å². The van der Waals surface area contributed by atoms with Crippen LogP contribution in [0.2, 0.25) is 0 Å². The van der Waals surface area contributed by atoms with Gasteiger partial charge in [0.25, 0.3) is 5.91 Å². The molecule has 1 aromatic rings. The fourth-order valence-corrected chi connectivity index (χ4v) is 2.42. The predicted molar refractivity (Wildman–Crippen MR) is 77.5 cm³/mol. The molecule has 0 aliphatic heterocycles. The van der Waals surface area contributed by atoms with Gasteiger partial charge in [0, 0.05) is 18.4 Å². The molecule has 20 heavy (non-hydrogen) atoms. The number of hydrogen-bond acceptors (Lipinski definition) is 4. The number of sulfone groups is 1. The van der Waals surface area contributed by atoms with Crippen LogP contribution in [0.1, 0.15) is 35.7 Å². The third-order valence-electron chi connectivity index (χ3n) is 2.97. The van der Waals surface area contributed by atoms with Gasteiger partial charge < -0.3 is 10.4 Å². The molecule has 2 N–H and O–H groups in total. The largest absolute Gasteiger partial charge is 0.393 e. The van der Waals surface area contributed by atoms with Crippen molar-refractivity contribution in [3.8, 4) is 0 Å². The number of aryl methyl sites for hydroxylation is 1. The summed E-state index contributed by atoms with van der Waals surface area (Å²) in [5.41, 5.74) is 1.09. The Labute approximate surface area is 119 Å². The van der Waals surface area contributed by atoms with Crippen molar-refractivity contribution in [3.05, 3.63) is 29.3 Å². The van der Waals surface area contributed by atoms with Gasteiger partial charge in [-0.2, -0.15) is 0 Å². The van der Waals surface area contributed by atoms with Crippen LogP contribution in [0.5, 0.6) is 0 Å². The van der Waals surface area contributed by atoms with Gasteiger partial charge in [-0.1, -0.05) is 6.07 Å². The van der Waals surface area contributed by atoms with Crippen molar-refractivity contribution in [1.29, 1.82) is 0 Å². The highest BCUT2D eigenvalue weighted by molar-refractivity contribution is 7.90. The van der Waals surface area contributed by atoms with Gasteiger partial charge in [0.05, 0.1) is 11.0 Å². The number of nitrogens with one attached hydrogen (secondary N) is 1. The second kappa shape index (κ2) is 6.85. The van der Waals surface area contributed by atoms with Crippen molar-refractivity contribution in [3.63, 3.8) is 0 Å². The van der Waals surface area contributed by atoms with Gasteiger partial charge in [-0.3, -0.25) is 4.79 Å². The first-order valence-corrected chi connectivity index (χ1v) is 8.38. The second-order valence-corrected chi connectivity index (χ2v) is 7.01. The minimum Gasteiger partial charge on any atom is -0.393 e. The van der Waals surface area contributed by atoms with Crippen LogP contribution in [0, 0.1) is 6.92 Å². The third-order valence-corrected chi connectivity index (χ3v) is 4.08. The lowest BCUT2D eigenvalue weighted by atomic mass is 10.1. The fourth-order valence-electron chi connectivity index (χ4n) is 1.77. The summed E-state index contributed by atoms with van der Waals surface area (Å²) in [4.78, 5) is 12.2. The summed E-state index contributed by atoms with van der Waals surface area (Å²) in [7, 11) is -3.33. The zero-order valence-corrected chi connectivity index (χ0v) is 12.8.